The Bertz CT molecular complexity index is 771. The maximum absolute atomic E-state index is 13.4. The van der Waals surface area contributed by atoms with Crippen LogP contribution in [-0.4, -0.2) is 54.2 Å². The summed E-state index contributed by atoms with van der Waals surface area (Å²) in [5.41, 5.74) is 1.46. The number of methoxy groups -OCH3 is 1. The summed E-state index contributed by atoms with van der Waals surface area (Å²) >= 11 is 0. The van der Waals surface area contributed by atoms with E-state index in [2.05, 4.69) is 10.6 Å². The molecule has 1 aromatic rings. The van der Waals surface area contributed by atoms with Gasteiger partial charge in [0.05, 0.1) is 12.8 Å². The molecule has 31 heavy (non-hydrogen) atoms. The number of ether oxygens (including phenoxy) is 1. The van der Waals surface area contributed by atoms with Crippen LogP contribution in [0.2, 0.25) is 0 Å². The molecule has 0 bridgehead atoms. The van der Waals surface area contributed by atoms with Gasteiger partial charge in [-0.2, -0.15) is 0 Å². The summed E-state index contributed by atoms with van der Waals surface area (Å²) < 4.78 is 5.25. The molecule has 1 aliphatic carbocycles. The zero-order valence-corrected chi connectivity index (χ0v) is 18.7. The lowest BCUT2D eigenvalue weighted by molar-refractivity contribution is -0.142. The zero-order valence-electron chi connectivity index (χ0n) is 18.7. The molecule has 9 heteroatoms. The number of nitrogens with one attached hydrogen (secondary N) is 3. The lowest BCUT2D eigenvalue weighted by atomic mass is 9.85. The van der Waals surface area contributed by atoms with Crippen molar-refractivity contribution in [3.63, 3.8) is 0 Å². The van der Waals surface area contributed by atoms with Crippen LogP contribution in [0.5, 0.6) is 5.75 Å². The van der Waals surface area contributed by atoms with Gasteiger partial charge in [-0.1, -0.05) is 45.7 Å². The third kappa shape index (κ3) is 7.13. The maximum Gasteiger partial charge on any atom is 0.320 e. The molecule has 2 rings (SSSR count). The van der Waals surface area contributed by atoms with E-state index in [-0.39, 0.29) is 12.5 Å². The molecule has 4 N–H and O–H groups in total. The number of rotatable bonds is 8. The number of urea groups is 1. The predicted molar refractivity (Wildman–Crippen MR) is 117 cm³/mol. The monoisotopic (exact) mass is 434 g/mol. The molecule has 1 atom stereocenters. The molecule has 4 amide bonds. The molecule has 0 aliphatic heterocycles. The molecule has 0 aromatic heterocycles. The lowest BCUT2D eigenvalue weighted by Crippen LogP contribution is -2.57. The van der Waals surface area contributed by atoms with Gasteiger partial charge in [-0.15, -0.1) is 0 Å². The van der Waals surface area contributed by atoms with Gasteiger partial charge in [0.25, 0.3) is 5.91 Å². The van der Waals surface area contributed by atoms with Gasteiger partial charge in [0.1, 0.15) is 18.3 Å². The van der Waals surface area contributed by atoms with Crippen molar-refractivity contribution in [2.24, 2.45) is 11.3 Å². The molecule has 1 aromatic carbocycles. The van der Waals surface area contributed by atoms with Gasteiger partial charge < -0.3 is 20.3 Å². The van der Waals surface area contributed by atoms with Crippen LogP contribution < -0.4 is 20.9 Å². The average molecular weight is 435 g/mol. The average Bonchev–Trinajstić information content (AvgIpc) is 3.23. The van der Waals surface area contributed by atoms with Gasteiger partial charge in [0.15, 0.2) is 0 Å². The molecule has 1 fully saturated rings. The molecule has 9 nitrogen and oxygen atoms in total. The summed E-state index contributed by atoms with van der Waals surface area (Å²) in [5.74, 6) is -0.229. The normalized spacial score (nSPS) is 15.1. The summed E-state index contributed by atoms with van der Waals surface area (Å²) in [6.07, 6.45) is 4.18. The predicted octanol–water partition coefficient (Wildman–Crippen LogP) is 2.76. The van der Waals surface area contributed by atoms with Crippen molar-refractivity contribution >= 4 is 23.5 Å². The third-order valence-electron chi connectivity index (χ3n) is 5.47. The maximum atomic E-state index is 13.4. The van der Waals surface area contributed by atoms with Crippen molar-refractivity contribution in [3.8, 4) is 5.75 Å². The third-order valence-corrected chi connectivity index (χ3v) is 5.47. The summed E-state index contributed by atoms with van der Waals surface area (Å²) in [5, 5.41) is 14.4. The van der Waals surface area contributed by atoms with E-state index in [1.807, 2.05) is 20.8 Å². The molecule has 0 saturated heterocycles. The van der Waals surface area contributed by atoms with Crippen LogP contribution in [-0.2, 0) is 9.59 Å². The van der Waals surface area contributed by atoms with E-state index in [1.165, 1.54) is 12.0 Å². The van der Waals surface area contributed by atoms with Crippen LogP contribution in [0.25, 0.3) is 0 Å². The van der Waals surface area contributed by atoms with Crippen molar-refractivity contribution < 1.29 is 24.3 Å². The van der Waals surface area contributed by atoms with Gasteiger partial charge in [-0.3, -0.25) is 14.8 Å². The van der Waals surface area contributed by atoms with E-state index < -0.39 is 23.4 Å². The van der Waals surface area contributed by atoms with E-state index in [9.17, 15) is 14.4 Å². The topological polar surface area (TPSA) is 120 Å². The molecule has 1 unspecified atom stereocenters. The first-order valence-corrected chi connectivity index (χ1v) is 10.6. The van der Waals surface area contributed by atoms with E-state index in [0.29, 0.717) is 23.9 Å². The highest BCUT2D eigenvalue weighted by molar-refractivity contribution is 5.96. The van der Waals surface area contributed by atoms with E-state index >= 15 is 0 Å². The van der Waals surface area contributed by atoms with Crippen LogP contribution in [0, 0.1) is 11.3 Å². The number of hydrogen-bond acceptors (Lipinski definition) is 5. The second-order valence-electron chi connectivity index (χ2n) is 9.00. The number of carbonyl (C=O) groups is 3. The van der Waals surface area contributed by atoms with Crippen LogP contribution in [0.1, 0.15) is 46.5 Å². The highest BCUT2D eigenvalue weighted by Crippen LogP contribution is 2.28. The van der Waals surface area contributed by atoms with Crippen molar-refractivity contribution in [1.82, 2.24) is 15.7 Å². The number of benzene rings is 1. The fourth-order valence-corrected chi connectivity index (χ4v) is 3.81. The van der Waals surface area contributed by atoms with Crippen molar-refractivity contribution in [3.05, 3.63) is 24.3 Å². The van der Waals surface area contributed by atoms with E-state index in [4.69, 9.17) is 9.94 Å². The Morgan fingerprint density at radius 1 is 1.19 bits per heavy atom. The Kier molecular flexibility index (Phi) is 8.67. The van der Waals surface area contributed by atoms with Crippen LogP contribution in [0.4, 0.5) is 10.5 Å². The van der Waals surface area contributed by atoms with Crippen LogP contribution in [0.3, 0.4) is 0 Å². The first kappa shape index (κ1) is 24.5. The summed E-state index contributed by atoms with van der Waals surface area (Å²) in [6, 6.07) is 5.54. The first-order chi connectivity index (χ1) is 14.7. The van der Waals surface area contributed by atoms with Crippen molar-refractivity contribution in [2.45, 2.75) is 52.5 Å². The van der Waals surface area contributed by atoms with Crippen LogP contribution in [0.15, 0.2) is 24.3 Å². The minimum Gasteiger partial charge on any atom is -0.495 e. The number of amides is 4. The highest BCUT2D eigenvalue weighted by atomic mass is 16.5. The van der Waals surface area contributed by atoms with Gasteiger partial charge in [-0.25, -0.2) is 10.3 Å². The molecule has 0 spiro atoms. The molecule has 1 saturated carbocycles. The van der Waals surface area contributed by atoms with Gasteiger partial charge in [-0.05, 0) is 36.3 Å². The van der Waals surface area contributed by atoms with Crippen LogP contribution >= 0.6 is 0 Å². The molecule has 172 valence electrons. The highest BCUT2D eigenvalue weighted by Gasteiger charge is 2.37. The Hall–Kier alpha value is -2.81. The largest absolute Gasteiger partial charge is 0.495 e. The van der Waals surface area contributed by atoms with Gasteiger partial charge in [0, 0.05) is 6.54 Å². The molecule has 1 aliphatic rings. The Balaban J connectivity index is 2.18. The number of anilines is 1. The smallest absolute Gasteiger partial charge is 0.320 e. The summed E-state index contributed by atoms with van der Waals surface area (Å²) in [7, 11) is 1.51. The van der Waals surface area contributed by atoms with Gasteiger partial charge in [0.2, 0.25) is 5.91 Å². The fourth-order valence-electron chi connectivity index (χ4n) is 3.81. The number of para-hydroxylation sites is 2. The van der Waals surface area contributed by atoms with E-state index in [0.717, 1.165) is 25.7 Å². The minimum absolute atomic E-state index is 0.270. The Labute approximate surface area is 183 Å². The fraction of sp³-hybridized carbons (Fsp3) is 0.591. The zero-order chi connectivity index (χ0) is 23.0. The number of carbonyl (C=O) groups excluding carboxylic acids is 3. The Morgan fingerprint density at radius 2 is 1.84 bits per heavy atom. The summed E-state index contributed by atoms with van der Waals surface area (Å²) in [6.45, 7) is 5.68. The number of hydroxylamine groups is 1. The molecule has 0 radical (unpaired) electrons. The van der Waals surface area contributed by atoms with E-state index in [1.54, 1.807) is 29.7 Å². The second-order valence-corrected chi connectivity index (χ2v) is 9.00. The Morgan fingerprint density at radius 3 is 2.42 bits per heavy atom. The number of hydrogen-bond donors (Lipinski definition) is 4. The quantitative estimate of drug-likeness (QED) is 0.370. The SMILES string of the molecule is COc1ccccc1NC(=O)NC(C(=O)N(CC(=O)NO)CC1CCCC1)C(C)(C)C. The molecular formula is C22H34N4O5. The molecular weight excluding hydrogens is 400 g/mol. The first-order valence-electron chi connectivity index (χ1n) is 10.6. The van der Waals surface area contributed by atoms with Gasteiger partial charge >= 0.3 is 6.03 Å². The molecule has 0 heterocycles. The lowest BCUT2D eigenvalue weighted by Gasteiger charge is -2.35. The minimum atomic E-state index is -0.880. The standard InChI is InChI=1S/C22H34N4O5/c1-22(2,3)19(24-21(29)23-16-11-7-8-12-17(16)31-4)20(28)26(14-18(27)25-30)13-15-9-5-6-10-15/h7-8,11-12,15,19,30H,5-6,9-10,13-14H2,1-4H3,(H,25,27)(H2,23,24,29). The van der Waals surface area contributed by atoms with Crippen molar-refractivity contribution in [1.29, 1.82) is 0 Å². The second kappa shape index (κ2) is 11.0. The number of nitrogens with zero attached hydrogens (tertiary/aromatic N) is 1. The summed E-state index contributed by atoms with van der Waals surface area (Å²) in [4.78, 5) is 39.4. The van der Waals surface area contributed by atoms with Crippen molar-refractivity contribution in [2.75, 3.05) is 25.5 Å².